The Balaban J connectivity index is 1.93. The first kappa shape index (κ1) is 19.1. The molecule has 3 rings (SSSR count). The Labute approximate surface area is 157 Å². The lowest BCUT2D eigenvalue weighted by Crippen LogP contribution is -2.40. The SMILES string of the molecule is CC1CCN(S(=O)(=O)c2cccn(Cc3ccc(F)cc3Cl)c2=O)CC1. The Morgan fingerprint density at radius 1 is 1.23 bits per heavy atom. The largest absolute Gasteiger partial charge is 0.310 e. The minimum atomic E-state index is -3.84. The van der Waals surface area contributed by atoms with Crippen LogP contribution in [-0.4, -0.2) is 30.4 Å². The molecule has 140 valence electrons. The van der Waals surface area contributed by atoms with Crippen LogP contribution in [0.25, 0.3) is 0 Å². The minimum Gasteiger partial charge on any atom is -0.310 e. The number of hydrogen-bond acceptors (Lipinski definition) is 3. The monoisotopic (exact) mass is 398 g/mol. The number of pyridine rings is 1. The molecule has 1 fully saturated rings. The number of benzene rings is 1. The number of sulfonamides is 1. The fourth-order valence-corrected chi connectivity index (χ4v) is 4.82. The van der Waals surface area contributed by atoms with Gasteiger partial charge in [-0.15, -0.1) is 0 Å². The predicted molar refractivity (Wildman–Crippen MR) is 98.4 cm³/mol. The van der Waals surface area contributed by atoms with E-state index in [1.807, 2.05) is 0 Å². The van der Waals surface area contributed by atoms with E-state index in [1.165, 1.54) is 39.3 Å². The van der Waals surface area contributed by atoms with Gasteiger partial charge in [0, 0.05) is 24.3 Å². The van der Waals surface area contributed by atoms with Gasteiger partial charge in [0.2, 0.25) is 10.0 Å². The summed E-state index contributed by atoms with van der Waals surface area (Å²) in [6, 6.07) is 6.76. The summed E-state index contributed by atoms with van der Waals surface area (Å²) < 4.78 is 41.6. The fourth-order valence-electron chi connectivity index (χ4n) is 3.03. The summed E-state index contributed by atoms with van der Waals surface area (Å²) in [5.74, 6) is 0.0104. The highest BCUT2D eigenvalue weighted by atomic mass is 35.5. The molecule has 1 aromatic heterocycles. The van der Waals surface area contributed by atoms with Crippen molar-refractivity contribution < 1.29 is 12.8 Å². The highest BCUT2D eigenvalue weighted by molar-refractivity contribution is 7.89. The molecule has 0 N–H and O–H groups in total. The van der Waals surface area contributed by atoms with Crippen LogP contribution in [0.2, 0.25) is 5.02 Å². The molecule has 2 aromatic rings. The van der Waals surface area contributed by atoms with Crippen LogP contribution < -0.4 is 5.56 Å². The van der Waals surface area contributed by atoms with Crippen molar-refractivity contribution in [2.45, 2.75) is 31.2 Å². The summed E-state index contributed by atoms with van der Waals surface area (Å²) in [6.07, 6.45) is 3.07. The molecule has 0 bridgehead atoms. The summed E-state index contributed by atoms with van der Waals surface area (Å²) >= 11 is 6.01. The lowest BCUT2D eigenvalue weighted by molar-refractivity contribution is 0.287. The Kier molecular flexibility index (Phi) is 5.50. The second kappa shape index (κ2) is 7.50. The summed E-state index contributed by atoms with van der Waals surface area (Å²) in [6.45, 7) is 2.99. The normalized spacial score (nSPS) is 16.7. The van der Waals surface area contributed by atoms with Gasteiger partial charge in [0.25, 0.3) is 5.56 Å². The van der Waals surface area contributed by atoms with Crippen LogP contribution in [0, 0.1) is 11.7 Å². The molecule has 26 heavy (non-hydrogen) atoms. The third kappa shape index (κ3) is 3.84. The van der Waals surface area contributed by atoms with E-state index < -0.39 is 21.4 Å². The van der Waals surface area contributed by atoms with E-state index in [2.05, 4.69) is 6.92 Å². The van der Waals surface area contributed by atoms with Crippen LogP contribution in [0.3, 0.4) is 0 Å². The quantitative estimate of drug-likeness (QED) is 0.795. The third-order valence-corrected chi connectivity index (χ3v) is 6.96. The molecule has 1 saturated heterocycles. The van der Waals surface area contributed by atoms with Gasteiger partial charge in [-0.25, -0.2) is 12.8 Å². The standard InChI is InChI=1S/C18H20ClFN2O3S/c1-13-6-9-22(10-7-13)26(24,25)17-3-2-8-21(18(17)23)12-14-4-5-15(20)11-16(14)19/h2-5,8,11,13H,6-7,9-10,12H2,1H3. The Morgan fingerprint density at radius 2 is 1.92 bits per heavy atom. The van der Waals surface area contributed by atoms with Crippen molar-refractivity contribution >= 4 is 21.6 Å². The van der Waals surface area contributed by atoms with Gasteiger partial charge in [-0.05, 0) is 48.6 Å². The van der Waals surface area contributed by atoms with Crippen LogP contribution in [-0.2, 0) is 16.6 Å². The fraction of sp³-hybridized carbons (Fsp3) is 0.389. The molecule has 1 aliphatic heterocycles. The molecule has 0 radical (unpaired) electrons. The third-order valence-electron chi connectivity index (χ3n) is 4.70. The smallest absolute Gasteiger partial charge is 0.271 e. The number of nitrogens with zero attached hydrogens (tertiary/aromatic N) is 2. The maximum Gasteiger partial charge on any atom is 0.271 e. The van der Waals surface area contributed by atoms with Crippen molar-refractivity contribution in [3.63, 3.8) is 0 Å². The van der Waals surface area contributed by atoms with E-state index in [-0.39, 0.29) is 16.5 Å². The Hall–Kier alpha value is -1.70. The first-order valence-electron chi connectivity index (χ1n) is 8.42. The second-order valence-electron chi connectivity index (χ2n) is 6.63. The molecule has 1 aliphatic rings. The molecule has 0 spiro atoms. The molecule has 8 heteroatoms. The average Bonchev–Trinajstić information content (AvgIpc) is 2.59. The van der Waals surface area contributed by atoms with Gasteiger partial charge < -0.3 is 4.57 Å². The molecule has 2 heterocycles. The molecule has 5 nitrogen and oxygen atoms in total. The molecule has 1 aromatic carbocycles. The van der Waals surface area contributed by atoms with Gasteiger partial charge in [0.1, 0.15) is 10.7 Å². The summed E-state index contributed by atoms with van der Waals surface area (Å²) in [5.41, 5.74) is -0.0666. The van der Waals surface area contributed by atoms with Gasteiger partial charge in [-0.2, -0.15) is 4.31 Å². The van der Waals surface area contributed by atoms with E-state index in [4.69, 9.17) is 11.6 Å². The molecule has 0 atom stereocenters. The first-order valence-corrected chi connectivity index (χ1v) is 10.2. The van der Waals surface area contributed by atoms with E-state index >= 15 is 0 Å². The maximum absolute atomic E-state index is 13.2. The van der Waals surface area contributed by atoms with Crippen LogP contribution in [0.5, 0.6) is 0 Å². The van der Waals surface area contributed by atoms with Gasteiger partial charge in [-0.3, -0.25) is 4.79 Å². The number of rotatable bonds is 4. The Bertz CT molecular complexity index is 967. The Morgan fingerprint density at radius 3 is 2.58 bits per heavy atom. The lowest BCUT2D eigenvalue weighted by Gasteiger charge is -2.29. The van der Waals surface area contributed by atoms with Crippen molar-refractivity contribution in [2.75, 3.05) is 13.1 Å². The zero-order valence-corrected chi connectivity index (χ0v) is 15.9. The number of piperidine rings is 1. The lowest BCUT2D eigenvalue weighted by atomic mass is 10.0. The van der Waals surface area contributed by atoms with Crippen molar-refractivity contribution in [1.82, 2.24) is 8.87 Å². The zero-order chi connectivity index (χ0) is 18.9. The average molecular weight is 399 g/mol. The number of hydrogen-bond donors (Lipinski definition) is 0. The van der Waals surface area contributed by atoms with E-state index in [0.29, 0.717) is 24.6 Å². The molecule has 0 amide bonds. The van der Waals surface area contributed by atoms with Crippen molar-refractivity contribution in [1.29, 1.82) is 0 Å². The van der Waals surface area contributed by atoms with Gasteiger partial charge in [0.05, 0.1) is 6.54 Å². The van der Waals surface area contributed by atoms with Crippen molar-refractivity contribution in [2.24, 2.45) is 5.92 Å². The highest BCUT2D eigenvalue weighted by Gasteiger charge is 2.30. The number of aromatic nitrogens is 1. The zero-order valence-electron chi connectivity index (χ0n) is 14.4. The predicted octanol–water partition coefficient (Wildman–Crippen LogP) is 3.11. The van der Waals surface area contributed by atoms with Crippen LogP contribution in [0.4, 0.5) is 4.39 Å². The number of halogens is 2. The highest BCUT2D eigenvalue weighted by Crippen LogP contribution is 2.22. The summed E-state index contributed by atoms with van der Waals surface area (Å²) in [5, 5.41) is 0.190. The molecule has 0 aliphatic carbocycles. The van der Waals surface area contributed by atoms with Crippen LogP contribution in [0.15, 0.2) is 46.2 Å². The maximum atomic E-state index is 13.2. The minimum absolute atomic E-state index is 0.0678. The molecule has 0 saturated carbocycles. The van der Waals surface area contributed by atoms with E-state index in [0.717, 1.165) is 18.9 Å². The van der Waals surface area contributed by atoms with Gasteiger partial charge in [-0.1, -0.05) is 24.6 Å². The van der Waals surface area contributed by atoms with Crippen LogP contribution in [0.1, 0.15) is 25.3 Å². The van der Waals surface area contributed by atoms with E-state index in [9.17, 15) is 17.6 Å². The molecular formula is C18H20ClFN2O3S. The topological polar surface area (TPSA) is 59.4 Å². The summed E-state index contributed by atoms with van der Waals surface area (Å²) in [4.78, 5) is 12.5. The summed E-state index contributed by atoms with van der Waals surface area (Å²) in [7, 11) is -3.84. The van der Waals surface area contributed by atoms with Crippen molar-refractivity contribution in [3.8, 4) is 0 Å². The van der Waals surface area contributed by atoms with Gasteiger partial charge >= 0.3 is 0 Å². The van der Waals surface area contributed by atoms with Crippen molar-refractivity contribution in [3.05, 3.63) is 63.3 Å². The van der Waals surface area contributed by atoms with E-state index in [1.54, 1.807) is 0 Å². The van der Waals surface area contributed by atoms with Gasteiger partial charge in [0.15, 0.2) is 0 Å². The molecule has 0 unspecified atom stereocenters. The first-order chi connectivity index (χ1) is 12.3. The second-order valence-corrected chi connectivity index (χ2v) is 8.94. The van der Waals surface area contributed by atoms with Crippen LogP contribution >= 0.6 is 11.6 Å². The molecular weight excluding hydrogens is 379 g/mol.